The first-order valence-corrected chi connectivity index (χ1v) is 3.15. The summed E-state index contributed by atoms with van der Waals surface area (Å²) in [6.45, 7) is 0. The lowest BCUT2D eigenvalue weighted by Crippen LogP contribution is -1.82. The molecule has 0 radical (unpaired) electrons. The summed E-state index contributed by atoms with van der Waals surface area (Å²) in [5.74, 6) is 0. The molecule has 0 aliphatic rings. The Morgan fingerprint density at radius 3 is 1.60 bits per heavy atom. The molecular weight excluding hydrogens is 104 g/mol. The highest BCUT2D eigenvalue weighted by molar-refractivity contribution is 8.13. The van der Waals surface area contributed by atoms with Crippen LogP contribution in [-0.4, -0.2) is 5.08 Å². The molecule has 0 unspecified atom stereocenters. The Labute approximate surface area is 39.9 Å². The smallest absolute Gasteiger partial charge is 0.0678 e. The first-order chi connectivity index (χ1) is 2.41. The summed E-state index contributed by atoms with van der Waals surface area (Å²) < 4.78 is 0. The van der Waals surface area contributed by atoms with Gasteiger partial charge in [-0.2, -0.15) is 0 Å². The molecule has 0 atom stereocenters. The molecule has 4 N–H and O–H groups in total. The average molecular weight is 110 g/mol. The van der Waals surface area contributed by atoms with Crippen LogP contribution in [0.15, 0.2) is 0 Å². The molecule has 0 aliphatic heterocycles. The lowest BCUT2D eigenvalue weighted by molar-refractivity contribution is 1.95. The predicted octanol–water partition coefficient (Wildman–Crippen LogP) is 0.158. The Bertz CT molecular complexity index is 15.1. The summed E-state index contributed by atoms with van der Waals surface area (Å²) in [6.07, 6.45) is 0. The monoisotopic (exact) mass is 110 g/mol. The Kier molecular flexibility index (Phi) is 5.19. The second-order valence-electron chi connectivity index (χ2n) is 0.451. The fourth-order valence-electron chi connectivity index (χ4n) is 0.0393. The molecule has 0 aromatic rings. The molecule has 4 heteroatoms. The van der Waals surface area contributed by atoms with Crippen LogP contribution in [0.25, 0.3) is 0 Å². The molecular formula is CH6N2S2. The van der Waals surface area contributed by atoms with Crippen LogP contribution >= 0.6 is 23.9 Å². The fourth-order valence-corrected chi connectivity index (χ4v) is 0.354. The van der Waals surface area contributed by atoms with Crippen molar-refractivity contribution in [1.82, 2.24) is 0 Å². The summed E-state index contributed by atoms with van der Waals surface area (Å²) in [4.78, 5) is 0. The van der Waals surface area contributed by atoms with E-state index in [9.17, 15) is 0 Å². The van der Waals surface area contributed by atoms with Crippen molar-refractivity contribution in [2.24, 2.45) is 10.3 Å². The van der Waals surface area contributed by atoms with Gasteiger partial charge in [-0.3, -0.25) is 10.3 Å². The summed E-state index contributed by atoms with van der Waals surface area (Å²) in [6, 6.07) is 0. The second-order valence-corrected chi connectivity index (χ2v) is 2.06. The maximum Gasteiger partial charge on any atom is 0.0678 e. The molecule has 0 bridgehead atoms. The molecule has 0 aromatic heterocycles. The molecule has 0 rings (SSSR count). The van der Waals surface area contributed by atoms with Crippen LogP contribution in [0, 0.1) is 0 Å². The minimum atomic E-state index is 0.778. The number of hydrogen-bond donors (Lipinski definition) is 2. The SMILES string of the molecule is NSCSN. The van der Waals surface area contributed by atoms with Gasteiger partial charge in [0.1, 0.15) is 0 Å². The van der Waals surface area contributed by atoms with Crippen LogP contribution in [0.2, 0.25) is 0 Å². The summed E-state index contributed by atoms with van der Waals surface area (Å²) >= 11 is 2.48. The van der Waals surface area contributed by atoms with Gasteiger partial charge < -0.3 is 0 Å². The maximum absolute atomic E-state index is 4.95. The van der Waals surface area contributed by atoms with E-state index in [4.69, 9.17) is 10.3 Å². The highest BCUT2D eigenvalue weighted by atomic mass is 32.2. The van der Waals surface area contributed by atoms with Crippen molar-refractivity contribution in [3.63, 3.8) is 0 Å². The molecule has 0 saturated heterocycles. The van der Waals surface area contributed by atoms with E-state index in [1.165, 1.54) is 23.9 Å². The second kappa shape index (κ2) is 4.62. The minimum absolute atomic E-state index is 0.778. The highest BCUT2D eigenvalue weighted by Crippen LogP contribution is 1.93. The van der Waals surface area contributed by atoms with Crippen molar-refractivity contribution in [2.75, 3.05) is 5.08 Å². The van der Waals surface area contributed by atoms with Crippen LogP contribution in [-0.2, 0) is 0 Å². The van der Waals surface area contributed by atoms with Crippen molar-refractivity contribution < 1.29 is 0 Å². The molecule has 0 aliphatic carbocycles. The Balaban J connectivity index is 2.19. The first kappa shape index (κ1) is 5.62. The number of nitrogens with two attached hydrogens (primary N) is 2. The largest absolute Gasteiger partial charge is 0.277 e. The van der Waals surface area contributed by atoms with Gasteiger partial charge in [-0.1, -0.05) is 23.9 Å². The third kappa shape index (κ3) is 4.62. The minimum Gasteiger partial charge on any atom is -0.277 e. The molecule has 32 valence electrons. The third-order valence-corrected chi connectivity index (χ3v) is 1.22. The maximum atomic E-state index is 4.95. The summed E-state index contributed by atoms with van der Waals surface area (Å²) in [5, 5.41) is 10.7. The Hall–Kier alpha value is 0.620. The van der Waals surface area contributed by atoms with Crippen molar-refractivity contribution in [3.8, 4) is 0 Å². The van der Waals surface area contributed by atoms with E-state index < -0.39 is 0 Å². The van der Waals surface area contributed by atoms with Crippen LogP contribution in [0.5, 0.6) is 0 Å². The molecule has 0 amide bonds. The zero-order valence-corrected chi connectivity index (χ0v) is 4.31. The van der Waals surface area contributed by atoms with Gasteiger partial charge in [0.2, 0.25) is 0 Å². The molecule has 0 spiro atoms. The van der Waals surface area contributed by atoms with Gasteiger partial charge in [-0.05, 0) is 0 Å². The van der Waals surface area contributed by atoms with Gasteiger partial charge in [-0.25, -0.2) is 0 Å². The third-order valence-electron chi connectivity index (χ3n) is 0.136. The van der Waals surface area contributed by atoms with Gasteiger partial charge in [-0.15, -0.1) is 0 Å². The molecule has 2 nitrogen and oxygen atoms in total. The molecule has 5 heavy (non-hydrogen) atoms. The number of hydrogen-bond acceptors (Lipinski definition) is 4. The van der Waals surface area contributed by atoms with Crippen LogP contribution < -0.4 is 10.3 Å². The Morgan fingerprint density at radius 1 is 1.20 bits per heavy atom. The Morgan fingerprint density at radius 2 is 1.60 bits per heavy atom. The van der Waals surface area contributed by atoms with E-state index in [0.717, 1.165) is 5.08 Å². The highest BCUT2D eigenvalue weighted by Gasteiger charge is 1.68. The zero-order chi connectivity index (χ0) is 4.12. The van der Waals surface area contributed by atoms with Crippen LogP contribution in [0.1, 0.15) is 0 Å². The van der Waals surface area contributed by atoms with E-state index in [2.05, 4.69) is 0 Å². The molecule has 0 aromatic carbocycles. The van der Waals surface area contributed by atoms with Gasteiger partial charge in [0, 0.05) is 0 Å². The number of rotatable bonds is 2. The quantitative estimate of drug-likeness (QED) is 0.392. The van der Waals surface area contributed by atoms with Crippen molar-refractivity contribution in [2.45, 2.75) is 0 Å². The van der Waals surface area contributed by atoms with Gasteiger partial charge in [0.05, 0.1) is 5.08 Å². The lowest BCUT2D eigenvalue weighted by Gasteiger charge is -1.80. The van der Waals surface area contributed by atoms with Crippen molar-refractivity contribution in [3.05, 3.63) is 0 Å². The molecule has 0 heterocycles. The van der Waals surface area contributed by atoms with Crippen LogP contribution in [0.4, 0.5) is 0 Å². The molecule has 0 fully saturated rings. The summed E-state index contributed by atoms with van der Waals surface area (Å²) in [5.41, 5.74) is 0. The van der Waals surface area contributed by atoms with E-state index in [1.54, 1.807) is 0 Å². The van der Waals surface area contributed by atoms with Crippen molar-refractivity contribution >= 4 is 23.9 Å². The first-order valence-electron chi connectivity index (χ1n) is 1.05. The lowest BCUT2D eigenvalue weighted by atomic mass is 11.9. The molecule has 0 saturated carbocycles. The predicted molar refractivity (Wildman–Crippen MR) is 28.4 cm³/mol. The normalized spacial score (nSPS) is 8.40. The van der Waals surface area contributed by atoms with E-state index in [-0.39, 0.29) is 0 Å². The van der Waals surface area contributed by atoms with E-state index in [1.807, 2.05) is 0 Å². The van der Waals surface area contributed by atoms with Gasteiger partial charge >= 0.3 is 0 Å². The zero-order valence-electron chi connectivity index (χ0n) is 2.68. The topological polar surface area (TPSA) is 52.0 Å². The standard InChI is InChI=1S/CH6N2S2/c2-4-1-5-3/h1-3H2. The fraction of sp³-hybridized carbons (Fsp3) is 1.00. The summed E-state index contributed by atoms with van der Waals surface area (Å²) in [7, 11) is 0. The van der Waals surface area contributed by atoms with Gasteiger partial charge in [0.25, 0.3) is 0 Å². The average Bonchev–Trinajstić information content (AvgIpc) is 1.41. The van der Waals surface area contributed by atoms with Crippen LogP contribution in [0.3, 0.4) is 0 Å². The van der Waals surface area contributed by atoms with Crippen molar-refractivity contribution in [1.29, 1.82) is 0 Å². The van der Waals surface area contributed by atoms with E-state index >= 15 is 0 Å². The van der Waals surface area contributed by atoms with Gasteiger partial charge in [0.15, 0.2) is 0 Å². The van der Waals surface area contributed by atoms with E-state index in [0.29, 0.717) is 0 Å².